The molecule has 0 saturated heterocycles. The molecule has 0 amide bonds. The van der Waals surface area contributed by atoms with Crippen LogP contribution in [0, 0.1) is 0 Å². The van der Waals surface area contributed by atoms with Crippen molar-refractivity contribution < 1.29 is 5.11 Å². The fourth-order valence-electron chi connectivity index (χ4n) is 1.29. The fourth-order valence-corrected chi connectivity index (χ4v) is 1.83. The topological polar surface area (TPSA) is 32.3 Å². The zero-order chi connectivity index (χ0) is 12.3. The second-order valence-electron chi connectivity index (χ2n) is 4.85. The summed E-state index contributed by atoms with van der Waals surface area (Å²) in [4.78, 5) is 0. The SMILES string of the molecule is CC(C)(C)NCC(O)c1cc(Cl)cc(Cl)c1. The predicted octanol–water partition coefficient (Wildman–Crippen LogP) is 3.41. The third-order valence-electron chi connectivity index (χ3n) is 2.10. The lowest BCUT2D eigenvalue weighted by Gasteiger charge is -2.23. The number of aliphatic hydroxyl groups excluding tert-OH is 1. The Labute approximate surface area is 107 Å². The molecule has 2 nitrogen and oxygen atoms in total. The van der Waals surface area contributed by atoms with Gasteiger partial charge in [-0.15, -0.1) is 0 Å². The number of β-amino-alcohol motifs (C(OH)–C–C–N with tert-alkyl or cyclic N) is 1. The minimum Gasteiger partial charge on any atom is -0.387 e. The average molecular weight is 262 g/mol. The molecular weight excluding hydrogens is 245 g/mol. The largest absolute Gasteiger partial charge is 0.387 e. The molecular formula is C12H17Cl2NO. The van der Waals surface area contributed by atoms with Gasteiger partial charge in [-0.05, 0) is 44.5 Å². The van der Waals surface area contributed by atoms with E-state index >= 15 is 0 Å². The number of aliphatic hydroxyl groups is 1. The highest BCUT2D eigenvalue weighted by molar-refractivity contribution is 6.34. The van der Waals surface area contributed by atoms with Crippen LogP contribution in [0.15, 0.2) is 18.2 Å². The van der Waals surface area contributed by atoms with Crippen molar-refractivity contribution in [1.82, 2.24) is 5.32 Å². The van der Waals surface area contributed by atoms with E-state index in [2.05, 4.69) is 5.32 Å². The zero-order valence-corrected chi connectivity index (χ0v) is 11.2. The monoisotopic (exact) mass is 261 g/mol. The van der Waals surface area contributed by atoms with E-state index in [-0.39, 0.29) is 5.54 Å². The number of benzene rings is 1. The fraction of sp³-hybridized carbons (Fsp3) is 0.500. The lowest BCUT2D eigenvalue weighted by Crippen LogP contribution is -2.38. The van der Waals surface area contributed by atoms with Crippen molar-refractivity contribution in [1.29, 1.82) is 0 Å². The molecule has 0 aliphatic heterocycles. The van der Waals surface area contributed by atoms with Crippen LogP contribution in [-0.4, -0.2) is 17.2 Å². The van der Waals surface area contributed by atoms with Crippen molar-refractivity contribution in [2.24, 2.45) is 0 Å². The summed E-state index contributed by atoms with van der Waals surface area (Å²) in [6, 6.07) is 5.10. The highest BCUT2D eigenvalue weighted by Gasteiger charge is 2.14. The Balaban J connectivity index is 2.69. The van der Waals surface area contributed by atoms with Gasteiger partial charge in [-0.25, -0.2) is 0 Å². The Bertz CT molecular complexity index is 340. The third kappa shape index (κ3) is 4.71. The number of hydrogen-bond donors (Lipinski definition) is 2. The second-order valence-corrected chi connectivity index (χ2v) is 5.72. The van der Waals surface area contributed by atoms with Crippen molar-refractivity contribution in [2.45, 2.75) is 32.4 Å². The van der Waals surface area contributed by atoms with Crippen molar-refractivity contribution in [2.75, 3.05) is 6.54 Å². The molecule has 0 radical (unpaired) electrons. The van der Waals surface area contributed by atoms with E-state index in [1.54, 1.807) is 18.2 Å². The summed E-state index contributed by atoms with van der Waals surface area (Å²) in [5.74, 6) is 0. The van der Waals surface area contributed by atoms with E-state index < -0.39 is 6.10 Å². The van der Waals surface area contributed by atoms with E-state index in [1.807, 2.05) is 20.8 Å². The first-order chi connectivity index (χ1) is 7.28. The van der Waals surface area contributed by atoms with Gasteiger partial charge in [0.25, 0.3) is 0 Å². The summed E-state index contributed by atoms with van der Waals surface area (Å²) in [6.45, 7) is 6.61. The number of hydrogen-bond acceptors (Lipinski definition) is 2. The normalized spacial score (nSPS) is 13.9. The summed E-state index contributed by atoms with van der Waals surface area (Å²) in [7, 11) is 0. The molecule has 0 heterocycles. The van der Waals surface area contributed by atoms with Gasteiger partial charge < -0.3 is 10.4 Å². The van der Waals surface area contributed by atoms with Gasteiger partial charge in [0.05, 0.1) is 6.10 Å². The molecule has 0 aromatic heterocycles. The van der Waals surface area contributed by atoms with Gasteiger partial charge in [-0.1, -0.05) is 23.2 Å². The van der Waals surface area contributed by atoms with E-state index in [4.69, 9.17) is 23.2 Å². The summed E-state index contributed by atoms with van der Waals surface area (Å²) in [6.07, 6.45) is -0.601. The standard InChI is InChI=1S/C12H17Cl2NO/c1-12(2,3)15-7-11(16)8-4-9(13)6-10(14)5-8/h4-6,11,15-16H,7H2,1-3H3. The Hall–Kier alpha value is -0.280. The summed E-state index contributed by atoms with van der Waals surface area (Å²) in [5, 5.41) is 14.3. The van der Waals surface area contributed by atoms with E-state index in [9.17, 15) is 5.11 Å². The average Bonchev–Trinajstić information content (AvgIpc) is 2.11. The Morgan fingerprint density at radius 3 is 2.12 bits per heavy atom. The molecule has 1 rings (SSSR count). The van der Waals surface area contributed by atoms with Gasteiger partial charge in [-0.3, -0.25) is 0 Å². The maximum Gasteiger partial charge on any atom is 0.0915 e. The molecule has 0 saturated carbocycles. The van der Waals surface area contributed by atoms with Crippen molar-refractivity contribution in [3.8, 4) is 0 Å². The molecule has 16 heavy (non-hydrogen) atoms. The van der Waals surface area contributed by atoms with Crippen molar-refractivity contribution in [3.05, 3.63) is 33.8 Å². The van der Waals surface area contributed by atoms with E-state index in [0.717, 1.165) is 5.56 Å². The van der Waals surface area contributed by atoms with Gasteiger partial charge in [0.2, 0.25) is 0 Å². The van der Waals surface area contributed by atoms with Gasteiger partial charge in [-0.2, -0.15) is 0 Å². The van der Waals surface area contributed by atoms with E-state index in [0.29, 0.717) is 16.6 Å². The molecule has 4 heteroatoms. The van der Waals surface area contributed by atoms with Gasteiger partial charge in [0, 0.05) is 22.1 Å². The van der Waals surface area contributed by atoms with Crippen LogP contribution in [0.2, 0.25) is 10.0 Å². The number of nitrogens with one attached hydrogen (secondary N) is 1. The van der Waals surface area contributed by atoms with Crippen LogP contribution in [0.4, 0.5) is 0 Å². The van der Waals surface area contributed by atoms with Crippen LogP contribution >= 0.6 is 23.2 Å². The highest BCUT2D eigenvalue weighted by Crippen LogP contribution is 2.23. The minimum absolute atomic E-state index is 0.0245. The van der Waals surface area contributed by atoms with Gasteiger partial charge in [0.15, 0.2) is 0 Å². The first-order valence-electron chi connectivity index (χ1n) is 5.17. The molecule has 0 fully saturated rings. The molecule has 0 spiro atoms. The quantitative estimate of drug-likeness (QED) is 0.874. The van der Waals surface area contributed by atoms with Crippen LogP contribution in [-0.2, 0) is 0 Å². The molecule has 0 aliphatic carbocycles. The maximum atomic E-state index is 9.95. The summed E-state index contributed by atoms with van der Waals surface area (Å²) in [5.41, 5.74) is 0.706. The molecule has 0 aliphatic rings. The zero-order valence-electron chi connectivity index (χ0n) is 9.72. The first kappa shape index (κ1) is 13.8. The highest BCUT2D eigenvalue weighted by atomic mass is 35.5. The van der Waals surface area contributed by atoms with Crippen molar-refractivity contribution >= 4 is 23.2 Å². The smallest absolute Gasteiger partial charge is 0.0915 e. The van der Waals surface area contributed by atoms with Gasteiger partial charge in [0.1, 0.15) is 0 Å². The number of rotatable bonds is 3. The predicted molar refractivity (Wildman–Crippen MR) is 69.2 cm³/mol. The van der Waals surface area contributed by atoms with Gasteiger partial charge >= 0.3 is 0 Å². The van der Waals surface area contributed by atoms with Crippen LogP contribution in [0.1, 0.15) is 32.4 Å². The lowest BCUT2D eigenvalue weighted by molar-refractivity contribution is 0.163. The number of halogens is 2. The molecule has 1 atom stereocenters. The molecule has 0 bridgehead atoms. The molecule has 1 unspecified atom stereocenters. The molecule has 1 aromatic rings. The Kier molecular flexibility index (Phi) is 4.62. The molecule has 2 N–H and O–H groups in total. The lowest BCUT2D eigenvalue weighted by atomic mass is 10.1. The molecule has 90 valence electrons. The maximum absolute atomic E-state index is 9.95. The third-order valence-corrected chi connectivity index (χ3v) is 2.53. The summed E-state index contributed by atoms with van der Waals surface area (Å²) >= 11 is 11.7. The Morgan fingerprint density at radius 2 is 1.69 bits per heavy atom. The van der Waals surface area contributed by atoms with Crippen LogP contribution < -0.4 is 5.32 Å². The minimum atomic E-state index is -0.601. The Morgan fingerprint density at radius 1 is 1.19 bits per heavy atom. The summed E-state index contributed by atoms with van der Waals surface area (Å²) < 4.78 is 0. The second kappa shape index (κ2) is 5.37. The van der Waals surface area contributed by atoms with Crippen LogP contribution in [0.3, 0.4) is 0 Å². The first-order valence-corrected chi connectivity index (χ1v) is 5.92. The van der Waals surface area contributed by atoms with E-state index in [1.165, 1.54) is 0 Å². The molecule has 1 aromatic carbocycles. The van der Waals surface area contributed by atoms with Crippen LogP contribution in [0.25, 0.3) is 0 Å². The van der Waals surface area contributed by atoms with Crippen molar-refractivity contribution in [3.63, 3.8) is 0 Å². The van der Waals surface area contributed by atoms with Crippen LogP contribution in [0.5, 0.6) is 0 Å².